The molecule has 0 bridgehead atoms. The van der Waals surface area contributed by atoms with Crippen LogP contribution in [0, 0.1) is 39.4 Å². The Kier molecular flexibility index (Phi) is 6.92. The molecule has 3 aromatic heterocycles. The van der Waals surface area contributed by atoms with Gasteiger partial charge in [0.05, 0.1) is 59.4 Å². The van der Waals surface area contributed by atoms with E-state index in [1.807, 2.05) is 6.07 Å². The second-order valence-corrected chi connectivity index (χ2v) is 10.6. The van der Waals surface area contributed by atoms with Gasteiger partial charge >= 0.3 is 0 Å². The van der Waals surface area contributed by atoms with Crippen LogP contribution in [0.1, 0.15) is 56.1 Å². The molecule has 0 amide bonds. The summed E-state index contributed by atoms with van der Waals surface area (Å²) in [7, 11) is 0. The van der Waals surface area contributed by atoms with Crippen molar-refractivity contribution in [3.8, 4) is 23.9 Å². The molecule has 41 heavy (non-hydrogen) atoms. The predicted octanol–water partition coefficient (Wildman–Crippen LogP) is 5.49. The van der Waals surface area contributed by atoms with Crippen molar-refractivity contribution in [2.75, 3.05) is 17.2 Å². The summed E-state index contributed by atoms with van der Waals surface area (Å²) >= 11 is 0. The Balaban J connectivity index is 1.68. The quantitative estimate of drug-likeness (QED) is 0.273. The average Bonchev–Trinajstić information content (AvgIpc) is 3.50. The second kappa shape index (κ2) is 11.1. The summed E-state index contributed by atoms with van der Waals surface area (Å²) < 4.78 is 11.2. The third kappa shape index (κ3) is 5.80. The van der Waals surface area contributed by atoms with Crippen molar-refractivity contribution in [3.63, 3.8) is 0 Å². The lowest BCUT2D eigenvalue weighted by Gasteiger charge is -2.22. The molecule has 0 saturated carbocycles. The molecule has 0 aliphatic carbocycles. The van der Waals surface area contributed by atoms with Gasteiger partial charge in [0, 0.05) is 30.0 Å². The number of nitriles is 3. The van der Waals surface area contributed by atoms with Gasteiger partial charge in [0.25, 0.3) is 0 Å². The standard InChI is InChI=1S/C31H26N10/c1-31(2,3)19-37-29-23(15-34)16-36-28-22(14-33)11-24(12-26(28)29)38-30(21-7-4-6-20(10-21)13-32)27-18-41(40-39-27)25-8-5-9-35-17-25/h4-12,16-18,30,38H,19H2,1-3H3,(H,36,37)/t30-/m0/s1/i30D. The topological polar surface area (TPSA) is 152 Å². The fraction of sp³-hybridized carbons (Fsp3) is 0.194. The van der Waals surface area contributed by atoms with Crippen LogP contribution in [0.15, 0.2) is 73.3 Å². The van der Waals surface area contributed by atoms with Crippen LogP contribution in [-0.2, 0) is 0 Å². The highest BCUT2D eigenvalue weighted by atomic mass is 15.4. The van der Waals surface area contributed by atoms with Gasteiger partial charge in [0.1, 0.15) is 17.8 Å². The zero-order chi connectivity index (χ0) is 29.9. The maximum Gasteiger partial charge on any atom is 0.110 e. The Bertz CT molecular complexity index is 1910. The van der Waals surface area contributed by atoms with Crippen LogP contribution in [0.25, 0.3) is 16.6 Å². The minimum Gasteiger partial charge on any atom is -0.383 e. The normalized spacial score (nSPS) is 12.8. The number of pyridine rings is 2. The van der Waals surface area contributed by atoms with E-state index in [4.69, 9.17) is 0 Å². The molecule has 10 nitrogen and oxygen atoms in total. The molecular weight excluding hydrogens is 512 g/mol. The first kappa shape index (κ1) is 25.5. The van der Waals surface area contributed by atoms with E-state index in [1.165, 1.54) is 10.9 Å². The van der Waals surface area contributed by atoms with Crippen molar-refractivity contribution in [2.24, 2.45) is 5.41 Å². The van der Waals surface area contributed by atoms with E-state index in [9.17, 15) is 17.2 Å². The number of anilines is 2. The lowest BCUT2D eigenvalue weighted by atomic mass is 9.96. The molecule has 0 radical (unpaired) electrons. The number of nitrogens with zero attached hydrogens (tertiary/aromatic N) is 8. The number of hydrogen-bond acceptors (Lipinski definition) is 9. The highest BCUT2D eigenvalue weighted by Crippen LogP contribution is 2.34. The van der Waals surface area contributed by atoms with Crippen LogP contribution in [0.2, 0.25) is 0 Å². The molecule has 0 spiro atoms. The van der Waals surface area contributed by atoms with Crippen molar-refractivity contribution < 1.29 is 1.37 Å². The monoisotopic (exact) mass is 539 g/mol. The van der Waals surface area contributed by atoms with E-state index < -0.39 is 6.02 Å². The maximum absolute atomic E-state index is 10.0. The second-order valence-electron chi connectivity index (χ2n) is 10.6. The molecule has 5 aromatic rings. The first-order valence-corrected chi connectivity index (χ1v) is 12.8. The van der Waals surface area contributed by atoms with Crippen molar-refractivity contribution >= 4 is 22.3 Å². The van der Waals surface area contributed by atoms with Crippen molar-refractivity contribution in [3.05, 3.63) is 101 Å². The fourth-order valence-corrected chi connectivity index (χ4v) is 4.26. The molecular formula is C31H26N10. The van der Waals surface area contributed by atoms with Gasteiger partial charge in [-0.2, -0.15) is 15.8 Å². The molecule has 5 rings (SSSR count). The van der Waals surface area contributed by atoms with Gasteiger partial charge in [-0.1, -0.05) is 38.1 Å². The smallest absolute Gasteiger partial charge is 0.110 e. The molecule has 200 valence electrons. The summed E-state index contributed by atoms with van der Waals surface area (Å²) in [5.74, 6) is 0. The van der Waals surface area contributed by atoms with E-state index in [1.54, 1.807) is 61.1 Å². The van der Waals surface area contributed by atoms with E-state index in [0.29, 0.717) is 51.2 Å². The number of fused-ring (bicyclic) bond motifs is 1. The summed E-state index contributed by atoms with van der Waals surface area (Å²) in [6, 6.07) is 18.4. The molecule has 3 heterocycles. The highest BCUT2D eigenvalue weighted by Gasteiger charge is 2.22. The van der Waals surface area contributed by atoms with Crippen LogP contribution in [0.3, 0.4) is 0 Å². The van der Waals surface area contributed by atoms with Crippen LogP contribution >= 0.6 is 0 Å². The summed E-state index contributed by atoms with van der Waals surface area (Å²) in [6.07, 6.45) is 6.35. The molecule has 1 atom stereocenters. The first-order valence-electron chi connectivity index (χ1n) is 13.3. The first-order chi connectivity index (χ1) is 20.1. The third-order valence-electron chi connectivity index (χ3n) is 6.22. The Hall–Kier alpha value is -5.79. The van der Waals surface area contributed by atoms with E-state index in [2.05, 4.69) is 69.9 Å². The van der Waals surface area contributed by atoms with Crippen LogP contribution in [-0.4, -0.2) is 31.5 Å². The van der Waals surface area contributed by atoms with Crippen LogP contribution in [0.4, 0.5) is 11.4 Å². The maximum atomic E-state index is 10.0. The number of aromatic nitrogens is 5. The minimum absolute atomic E-state index is 0.0849. The summed E-state index contributed by atoms with van der Waals surface area (Å²) in [4.78, 5) is 8.54. The van der Waals surface area contributed by atoms with Gasteiger partial charge in [-0.25, -0.2) is 4.68 Å². The largest absolute Gasteiger partial charge is 0.383 e. The molecule has 0 aliphatic heterocycles. The van der Waals surface area contributed by atoms with Gasteiger partial charge in [-0.3, -0.25) is 9.97 Å². The Labute approximate surface area is 238 Å². The van der Waals surface area contributed by atoms with Crippen LogP contribution in [0.5, 0.6) is 0 Å². The summed E-state index contributed by atoms with van der Waals surface area (Å²) in [5, 5.41) is 45.2. The predicted molar refractivity (Wildman–Crippen MR) is 155 cm³/mol. The molecule has 10 heteroatoms. The average molecular weight is 540 g/mol. The summed E-state index contributed by atoms with van der Waals surface area (Å²) in [6.45, 7) is 6.80. The van der Waals surface area contributed by atoms with Gasteiger partial charge in [-0.15, -0.1) is 5.10 Å². The fourth-order valence-electron chi connectivity index (χ4n) is 4.26. The Morgan fingerprint density at radius 3 is 2.54 bits per heavy atom. The summed E-state index contributed by atoms with van der Waals surface area (Å²) in [5.41, 5.74) is 3.65. The lowest BCUT2D eigenvalue weighted by molar-refractivity contribution is 0.443. The lowest BCUT2D eigenvalue weighted by Crippen LogP contribution is -2.20. The molecule has 2 N–H and O–H groups in total. The van der Waals surface area contributed by atoms with Gasteiger partial charge < -0.3 is 10.6 Å². The molecule has 2 aromatic carbocycles. The van der Waals surface area contributed by atoms with Crippen molar-refractivity contribution in [2.45, 2.75) is 26.8 Å². The zero-order valence-electron chi connectivity index (χ0n) is 23.7. The number of benzene rings is 2. The SMILES string of the molecule is [2H][C@](Nc1cc(C#N)c2ncc(C#N)c(NCC(C)(C)C)c2c1)(c1cccc(C#N)c1)c1cn(-c2cccnc2)nn1. The van der Waals surface area contributed by atoms with Crippen molar-refractivity contribution in [1.29, 1.82) is 15.8 Å². The number of nitrogens with one attached hydrogen (secondary N) is 2. The Morgan fingerprint density at radius 1 is 1.00 bits per heavy atom. The zero-order valence-corrected chi connectivity index (χ0v) is 22.7. The van der Waals surface area contributed by atoms with E-state index in [0.717, 1.165) is 0 Å². The van der Waals surface area contributed by atoms with E-state index in [-0.39, 0.29) is 16.7 Å². The Morgan fingerprint density at radius 2 is 1.83 bits per heavy atom. The van der Waals surface area contributed by atoms with Crippen LogP contribution < -0.4 is 10.6 Å². The van der Waals surface area contributed by atoms with Gasteiger partial charge in [0.2, 0.25) is 0 Å². The minimum atomic E-state index is -1.73. The van der Waals surface area contributed by atoms with E-state index >= 15 is 0 Å². The molecule has 0 unspecified atom stereocenters. The molecule has 0 saturated heterocycles. The van der Waals surface area contributed by atoms with Gasteiger partial charge in [-0.05, 0) is 47.4 Å². The number of rotatable bonds is 7. The van der Waals surface area contributed by atoms with Gasteiger partial charge in [0.15, 0.2) is 0 Å². The molecule has 0 fully saturated rings. The van der Waals surface area contributed by atoms with Crippen molar-refractivity contribution in [1.82, 2.24) is 25.0 Å². The molecule has 0 aliphatic rings. The highest BCUT2D eigenvalue weighted by molar-refractivity contribution is 5.99. The third-order valence-corrected chi connectivity index (χ3v) is 6.22. The number of hydrogen-bond donors (Lipinski definition) is 2.